The van der Waals surface area contributed by atoms with E-state index in [0.29, 0.717) is 0 Å². The van der Waals surface area contributed by atoms with Crippen molar-refractivity contribution in [1.82, 2.24) is 9.55 Å². The molecule has 1 saturated heterocycles. The highest BCUT2D eigenvalue weighted by atomic mass is 16.6. The number of nitrogen functional groups attached to an aromatic ring is 1. The number of ether oxygens (including phenoxy) is 1. The molecular formula is C12H15N3O6. The fraction of sp³-hybridized carbons (Fsp3) is 0.500. The second-order valence-corrected chi connectivity index (χ2v) is 4.59. The van der Waals surface area contributed by atoms with Crippen molar-refractivity contribution in [2.24, 2.45) is 0 Å². The van der Waals surface area contributed by atoms with Crippen molar-refractivity contribution in [1.29, 1.82) is 0 Å². The molecule has 1 aromatic heterocycles. The molecule has 0 radical (unpaired) electrons. The van der Waals surface area contributed by atoms with E-state index in [4.69, 9.17) is 22.0 Å². The monoisotopic (exact) mass is 297 g/mol. The van der Waals surface area contributed by atoms with Gasteiger partial charge in [-0.3, -0.25) is 4.57 Å². The Bertz CT molecular complexity index is 622. The Labute approximate surface area is 119 Å². The predicted octanol–water partition coefficient (Wildman–Crippen LogP) is -3.22. The number of nitrogens with two attached hydrogens (primary N) is 1. The van der Waals surface area contributed by atoms with Gasteiger partial charge in [-0.1, -0.05) is 5.92 Å². The zero-order valence-corrected chi connectivity index (χ0v) is 10.8. The van der Waals surface area contributed by atoms with Crippen LogP contribution < -0.4 is 11.4 Å². The van der Waals surface area contributed by atoms with Crippen molar-refractivity contribution in [3.05, 3.63) is 22.2 Å². The molecule has 6 N–H and O–H groups in total. The molecule has 0 bridgehead atoms. The molecule has 1 aromatic rings. The van der Waals surface area contributed by atoms with Gasteiger partial charge in [-0.25, -0.2) is 4.79 Å². The van der Waals surface area contributed by atoms with Crippen LogP contribution in [0.2, 0.25) is 0 Å². The average Bonchev–Trinajstić information content (AvgIpc) is 2.46. The van der Waals surface area contributed by atoms with Crippen LogP contribution in [0.4, 0.5) is 5.82 Å². The summed E-state index contributed by atoms with van der Waals surface area (Å²) in [6.07, 6.45) is -0.893. The van der Waals surface area contributed by atoms with Crippen LogP contribution >= 0.6 is 0 Å². The molecule has 0 saturated carbocycles. The van der Waals surface area contributed by atoms with Gasteiger partial charge in [0.15, 0.2) is 6.23 Å². The average molecular weight is 297 g/mol. The van der Waals surface area contributed by atoms with Crippen molar-refractivity contribution in [3.63, 3.8) is 0 Å². The lowest BCUT2D eigenvalue weighted by Crippen LogP contribution is -2.57. The van der Waals surface area contributed by atoms with Gasteiger partial charge in [0.05, 0.1) is 12.2 Å². The second-order valence-electron chi connectivity index (χ2n) is 4.59. The van der Waals surface area contributed by atoms with Gasteiger partial charge in [0.25, 0.3) is 0 Å². The highest BCUT2D eigenvalue weighted by Crippen LogP contribution is 2.27. The summed E-state index contributed by atoms with van der Waals surface area (Å²) in [5, 5.41) is 38.5. The van der Waals surface area contributed by atoms with Gasteiger partial charge in [-0.2, -0.15) is 4.98 Å². The summed E-state index contributed by atoms with van der Waals surface area (Å²) >= 11 is 0. The Morgan fingerprint density at radius 1 is 1.38 bits per heavy atom. The molecule has 0 spiro atoms. The Morgan fingerprint density at radius 2 is 2.05 bits per heavy atom. The molecular weight excluding hydrogens is 282 g/mol. The number of terminal acetylenes is 1. The van der Waals surface area contributed by atoms with Crippen LogP contribution in [-0.4, -0.2) is 61.0 Å². The van der Waals surface area contributed by atoms with Crippen molar-refractivity contribution < 1.29 is 25.2 Å². The van der Waals surface area contributed by atoms with Crippen LogP contribution in [0.3, 0.4) is 0 Å². The first-order valence-corrected chi connectivity index (χ1v) is 6.06. The highest BCUT2D eigenvalue weighted by molar-refractivity contribution is 5.47. The van der Waals surface area contributed by atoms with Crippen LogP contribution in [0.1, 0.15) is 11.8 Å². The zero-order valence-electron chi connectivity index (χ0n) is 10.8. The quantitative estimate of drug-likeness (QED) is 0.358. The van der Waals surface area contributed by atoms with E-state index < -0.39 is 42.9 Å². The van der Waals surface area contributed by atoms with Crippen LogP contribution in [0.15, 0.2) is 11.0 Å². The molecule has 114 valence electrons. The molecule has 1 aliphatic rings. The van der Waals surface area contributed by atoms with E-state index in [1.807, 2.05) is 0 Å². The first-order chi connectivity index (χ1) is 9.90. The van der Waals surface area contributed by atoms with Crippen molar-refractivity contribution in [3.8, 4) is 12.3 Å². The van der Waals surface area contributed by atoms with E-state index in [0.717, 1.165) is 10.8 Å². The Morgan fingerprint density at radius 3 is 2.62 bits per heavy atom. The minimum Gasteiger partial charge on any atom is -0.394 e. The molecule has 2 rings (SSSR count). The van der Waals surface area contributed by atoms with E-state index in [-0.39, 0.29) is 11.4 Å². The van der Waals surface area contributed by atoms with Gasteiger partial charge < -0.3 is 30.9 Å². The van der Waals surface area contributed by atoms with E-state index in [1.165, 1.54) is 0 Å². The topological polar surface area (TPSA) is 151 Å². The van der Waals surface area contributed by atoms with Gasteiger partial charge in [0.1, 0.15) is 30.2 Å². The molecule has 9 heteroatoms. The van der Waals surface area contributed by atoms with E-state index >= 15 is 0 Å². The van der Waals surface area contributed by atoms with Gasteiger partial charge in [-0.05, 0) is 0 Å². The fourth-order valence-corrected chi connectivity index (χ4v) is 2.09. The van der Waals surface area contributed by atoms with Crippen LogP contribution in [0, 0.1) is 12.3 Å². The van der Waals surface area contributed by atoms with Crippen LogP contribution in [0.5, 0.6) is 0 Å². The molecule has 0 unspecified atom stereocenters. The zero-order chi connectivity index (χ0) is 15.7. The molecule has 9 nitrogen and oxygen atoms in total. The van der Waals surface area contributed by atoms with E-state index in [2.05, 4.69) is 10.9 Å². The lowest BCUT2D eigenvalue weighted by atomic mass is 9.98. The standard InChI is InChI=1S/C12H15N3O6/c1-2-5-3-15(12(20)14-10(5)13)11-9(19)8(18)7(17)6(4-16)21-11/h1,3,6-9,11,16-19H,4H2,(H2,13,14,20)/t6-,7-,8+,9-,11-/m1/s1. The molecule has 1 aliphatic heterocycles. The third-order valence-electron chi connectivity index (χ3n) is 3.28. The van der Waals surface area contributed by atoms with Crippen LogP contribution in [-0.2, 0) is 4.74 Å². The Kier molecular flexibility index (Phi) is 4.26. The van der Waals surface area contributed by atoms with E-state index in [1.54, 1.807) is 0 Å². The van der Waals surface area contributed by atoms with Gasteiger partial charge in [0.2, 0.25) is 0 Å². The number of aliphatic hydroxyl groups excluding tert-OH is 4. The smallest absolute Gasteiger partial charge is 0.351 e. The maximum absolute atomic E-state index is 11.8. The van der Waals surface area contributed by atoms with E-state index in [9.17, 15) is 20.1 Å². The second kappa shape index (κ2) is 5.80. The molecule has 0 amide bonds. The molecule has 2 heterocycles. The minimum atomic E-state index is -1.61. The number of anilines is 1. The summed E-state index contributed by atoms with van der Waals surface area (Å²) in [4.78, 5) is 15.3. The first-order valence-electron chi connectivity index (χ1n) is 6.06. The lowest BCUT2D eigenvalue weighted by Gasteiger charge is -2.40. The summed E-state index contributed by atoms with van der Waals surface area (Å²) < 4.78 is 6.10. The maximum atomic E-state index is 11.8. The Hall–Kier alpha value is -1.96. The summed E-state index contributed by atoms with van der Waals surface area (Å²) in [7, 11) is 0. The van der Waals surface area contributed by atoms with Crippen molar-refractivity contribution in [2.75, 3.05) is 12.3 Å². The largest absolute Gasteiger partial charge is 0.394 e. The fourth-order valence-electron chi connectivity index (χ4n) is 2.09. The SMILES string of the molecule is C#Cc1cn([C@@H]2O[C@H](CO)[C@@H](O)[C@H](O)[C@H]2O)c(=O)nc1N. The van der Waals surface area contributed by atoms with Gasteiger partial charge in [-0.15, -0.1) is 6.42 Å². The van der Waals surface area contributed by atoms with Crippen molar-refractivity contribution in [2.45, 2.75) is 30.6 Å². The van der Waals surface area contributed by atoms with Gasteiger partial charge in [0, 0.05) is 6.20 Å². The third kappa shape index (κ3) is 2.63. The number of hydrogen-bond acceptors (Lipinski definition) is 8. The molecule has 1 fully saturated rings. The molecule has 21 heavy (non-hydrogen) atoms. The maximum Gasteiger partial charge on any atom is 0.351 e. The van der Waals surface area contributed by atoms with Gasteiger partial charge >= 0.3 is 5.69 Å². The first kappa shape index (κ1) is 15.4. The minimum absolute atomic E-state index is 0.103. The number of nitrogens with zero attached hydrogens (tertiary/aromatic N) is 2. The number of aliphatic hydroxyl groups is 4. The predicted molar refractivity (Wildman–Crippen MR) is 69.9 cm³/mol. The lowest BCUT2D eigenvalue weighted by molar-refractivity contribution is -0.252. The summed E-state index contributed by atoms with van der Waals surface area (Å²) in [6.45, 7) is -0.611. The highest BCUT2D eigenvalue weighted by Gasteiger charge is 2.44. The van der Waals surface area contributed by atoms with Crippen molar-refractivity contribution >= 4 is 5.82 Å². The Balaban J connectivity index is 2.46. The summed E-state index contributed by atoms with van der Waals surface area (Å²) in [5.41, 5.74) is 4.72. The number of rotatable bonds is 2. The normalized spacial score (nSPS) is 32.6. The molecule has 0 aliphatic carbocycles. The third-order valence-corrected chi connectivity index (χ3v) is 3.28. The number of hydrogen-bond donors (Lipinski definition) is 5. The summed E-state index contributed by atoms with van der Waals surface area (Å²) in [5.74, 6) is 2.07. The molecule has 5 atom stereocenters. The number of aromatic nitrogens is 2. The summed E-state index contributed by atoms with van der Waals surface area (Å²) in [6, 6.07) is 0. The van der Waals surface area contributed by atoms with Crippen LogP contribution in [0.25, 0.3) is 0 Å². The molecule has 0 aromatic carbocycles.